The van der Waals surface area contributed by atoms with Crippen LogP contribution in [0.25, 0.3) is 0 Å². The fourth-order valence-electron chi connectivity index (χ4n) is 2.32. The molecular weight excluding hydrogens is 272 g/mol. The Balaban J connectivity index is 1.55. The minimum Gasteiger partial charge on any atom is -0.346 e. The molecule has 2 aromatic heterocycles. The molecule has 1 saturated heterocycles. The van der Waals surface area contributed by atoms with Gasteiger partial charge < -0.3 is 4.90 Å². The summed E-state index contributed by atoms with van der Waals surface area (Å²) in [5.74, 6) is 0. The summed E-state index contributed by atoms with van der Waals surface area (Å²) in [7, 11) is 0. The number of carbonyl (C=O) groups is 1. The van der Waals surface area contributed by atoms with Gasteiger partial charge in [-0.1, -0.05) is 0 Å². The van der Waals surface area contributed by atoms with Crippen molar-refractivity contribution in [1.29, 1.82) is 0 Å². The van der Waals surface area contributed by atoms with E-state index < -0.39 is 0 Å². The Kier molecular flexibility index (Phi) is 4.03. The summed E-state index contributed by atoms with van der Waals surface area (Å²) in [5.41, 5.74) is 1.83. The highest BCUT2D eigenvalue weighted by atomic mass is 32.1. The number of hydrogen-bond acceptors (Lipinski definition) is 6. The second-order valence-corrected chi connectivity index (χ2v) is 5.63. The molecule has 0 saturated carbocycles. The van der Waals surface area contributed by atoms with Crippen LogP contribution < -0.4 is 4.90 Å². The van der Waals surface area contributed by atoms with Gasteiger partial charge in [-0.3, -0.25) is 14.7 Å². The first-order valence-electron chi connectivity index (χ1n) is 6.62. The lowest BCUT2D eigenvalue weighted by molar-refractivity contribution is 0.111. The first kappa shape index (κ1) is 13.2. The molecule has 0 bridgehead atoms. The van der Waals surface area contributed by atoms with Crippen molar-refractivity contribution in [3.63, 3.8) is 0 Å². The summed E-state index contributed by atoms with van der Waals surface area (Å²) in [4.78, 5) is 23.7. The van der Waals surface area contributed by atoms with E-state index in [1.165, 1.54) is 5.56 Å². The van der Waals surface area contributed by atoms with Crippen molar-refractivity contribution < 1.29 is 4.79 Å². The molecule has 0 N–H and O–H groups in total. The molecule has 0 aromatic carbocycles. The molecule has 6 heteroatoms. The summed E-state index contributed by atoms with van der Waals surface area (Å²) in [6.45, 7) is 4.90. The number of aldehydes is 1. The normalized spacial score (nSPS) is 16.3. The van der Waals surface area contributed by atoms with Crippen LogP contribution in [0.3, 0.4) is 0 Å². The molecule has 0 spiro atoms. The Morgan fingerprint density at radius 2 is 1.95 bits per heavy atom. The Morgan fingerprint density at radius 3 is 2.60 bits per heavy atom. The van der Waals surface area contributed by atoms with Crippen molar-refractivity contribution >= 4 is 22.8 Å². The lowest BCUT2D eigenvalue weighted by Crippen LogP contribution is -2.45. The minimum atomic E-state index is 0.532. The molecule has 0 unspecified atom stereocenters. The summed E-state index contributed by atoms with van der Waals surface area (Å²) in [6, 6.07) is 4.12. The Labute approximate surface area is 121 Å². The van der Waals surface area contributed by atoms with Crippen LogP contribution in [0.5, 0.6) is 0 Å². The van der Waals surface area contributed by atoms with Crippen LogP contribution in [0.4, 0.5) is 5.13 Å². The van der Waals surface area contributed by atoms with Crippen molar-refractivity contribution in [3.8, 4) is 0 Å². The molecule has 0 radical (unpaired) electrons. The lowest BCUT2D eigenvalue weighted by Gasteiger charge is -2.34. The third kappa shape index (κ3) is 3.02. The van der Waals surface area contributed by atoms with Crippen molar-refractivity contribution in [1.82, 2.24) is 14.9 Å². The average molecular weight is 288 g/mol. The van der Waals surface area contributed by atoms with E-state index in [0.29, 0.717) is 5.69 Å². The molecule has 0 atom stereocenters. The third-order valence-corrected chi connectivity index (χ3v) is 4.35. The molecule has 0 amide bonds. The fraction of sp³-hybridized carbons (Fsp3) is 0.357. The van der Waals surface area contributed by atoms with Crippen LogP contribution in [0.1, 0.15) is 16.1 Å². The van der Waals surface area contributed by atoms with Crippen LogP contribution in [0, 0.1) is 0 Å². The number of thiazole rings is 1. The second kappa shape index (κ2) is 6.11. The van der Waals surface area contributed by atoms with Crippen LogP contribution in [-0.2, 0) is 6.54 Å². The highest BCUT2D eigenvalue weighted by Gasteiger charge is 2.19. The van der Waals surface area contributed by atoms with Gasteiger partial charge in [0, 0.05) is 50.5 Å². The monoisotopic (exact) mass is 288 g/mol. The summed E-state index contributed by atoms with van der Waals surface area (Å²) < 4.78 is 0. The van der Waals surface area contributed by atoms with E-state index >= 15 is 0 Å². The number of hydrogen-bond donors (Lipinski definition) is 0. The fourth-order valence-corrected chi connectivity index (χ4v) is 3.14. The maximum atomic E-state index is 10.7. The number of rotatable bonds is 4. The van der Waals surface area contributed by atoms with E-state index in [-0.39, 0.29) is 0 Å². The minimum absolute atomic E-state index is 0.532. The molecule has 1 fully saturated rings. The number of anilines is 1. The van der Waals surface area contributed by atoms with Gasteiger partial charge in [-0.05, 0) is 17.7 Å². The highest BCUT2D eigenvalue weighted by molar-refractivity contribution is 7.13. The number of carbonyl (C=O) groups excluding carboxylic acids is 1. The van der Waals surface area contributed by atoms with Crippen molar-refractivity contribution in [3.05, 3.63) is 41.2 Å². The number of aromatic nitrogens is 2. The molecule has 5 nitrogen and oxygen atoms in total. The smallest absolute Gasteiger partial charge is 0.186 e. The van der Waals surface area contributed by atoms with Crippen molar-refractivity contribution in [2.45, 2.75) is 6.54 Å². The van der Waals surface area contributed by atoms with E-state index in [0.717, 1.165) is 44.1 Å². The zero-order valence-corrected chi connectivity index (χ0v) is 11.9. The zero-order valence-electron chi connectivity index (χ0n) is 11.1. The second-order valence-electron chi connectivity index (χ2n) is 4.79. The average Bonchev–Trinajstić information content (AvgIpc) is 2.98. The zero-order chi connectivity index (χ0) is 13.8. The molecule has 1 aliphatic rings. The molecule has 3 heterocycles. The lowest BCUT2D eigenvalue weighted by atomic mass is 10.2. The maximum Gasteiger partial charge on any atom is 0.186 e. The summed E-state index contributed by atoms with van der Waals surface area (Å²) in [6.07, 6.45) is 4.48. The highest BCUT2D eigenvalue weighted by Crippen LogP contribution is 2.21. The van der Waals surface area contributed by atoms with Gasteiger partial charge in [0.25, 0.3) is 0 Å². The van der Waals surface area contributed by atoms with Gasteiger partial charge in [0.15, 0.2) is 11.4 Å². The van der Waals surface area contributed by atoms with E-state index in [1.54, 1.807) is 11.3 Å². The van der Waals surface area contributed by atoms with Crippen LogP contribution in [0.15, 0.2) is 29.9 Å². The van der Waals surface area contributed by atoms with Gasteiger partial charge in [-0.25, -0.2) is 4.98 Å². The van der Waals surface area contributed by atoms with Crippen LogP contribution in [0.2, 0.25) is 0 Å². The van der Waals surface area contributed by atoms with Crippen LogP contribution in [-0.4, -0.2) is 47.3 Å². The predicted octanol–water partition coefficient (Wildman–Crippen LogP) is 1.67. The quantitative estimate of drug-likeness (QED) is 0.801. The Morgan fingerprint density at radius 1 is 1.20 bits per heavy atom. The van der Waals surface area contributed by atoms with E-state index in [9.17, 15) is 4.79 Å². The van der Waals surface area contributed by atoms with Crippen molar-refractivity contribution in [2.75, 3.05) is 31.1 Å². The SMILES string of the molecule is O=Cc1csc(N2CCN(Cc3ccncc3)CC2)n1. The van der Waals surface area contributed by atoms with E-state index in [2.05, 4.69) is 31.9 Å². The largest absolute Gasteiger partial charge is 0.346 e. The number of piperazine rings is 1. The number of pyridine rings is 1. The molecule has 1 aliphatic heterocycles. The van der Waals surface area contributed by atoms with Gasteiger partial charge in [0.2, 0.25) is 0 Å². The number of nitrogens with zero attached hydrogens (tertiary/aromatic N) is 4. The van der Waals surface area contributed by atoms with Gasteiger partial charge in [-0.2, -0.15) is 0 Å². The maximum absolute atomic E-state index is 10.7. The standard InChI is InChI=1S/C14H16N4OS/c19-10-13-11-20-14(16-13)18-7-5-17(6-8-18)9-12-1-3-15-4-2-12/h1-4,10-11H,5-9H2. The van der Waals surface area contributed by atoms with E-state index in [4.69, 9.17) is 0 Å². The molecule has 104 valence electrons. The molecule has 2 aromatic rings. The molecular formula is C14H16N4OS. The Bertz CT molecular complexity index is 564. The first-order chi connectivity index (χ1) is 9.85. The van der Waals surface area contributed by atoms with Gasteiger partial charge in [0.05, 0.1) is 0 Å². The van der Waals surface area contributed by atoms with Gasteiger partial charge in [0.1, 0.15) is 5.69 Å². The molecule has 3 rings (SSSR count). The van der Waals surface area contributed by atoms with E-state index in [1.807, 2.05) is 17.8 Å². The third-order valence-electron chi connectivity index (χ3n) is 3.43. The van der Waals surface area contributed by atoms with Crippen LogP contribution >= 0.6 is 11.3 Å². The predicted molar refractivity (Wildman–Crippen MR) is 79.2 cm³/mol. The van der Waals surface area contributed by atoms with Crippen molar-refractivity contribution in [2.24, 2.45) is 0 Å². The Hall–Kier alpha value is -1.79. The molecule has 20 heavy (non-hydrogen) atoms. The molecule has 0 aliphatic carbocycles. The summed E-state index contributed by atoms with van der Waals surface area (Å²) in [5, 5.41) is 2.77. The van der Waals surface area contributed by atoms with Gasteiger partial charge >= 0.3 is 0 Å². The topological polar surface area (TPSA) is 49.3 Å². The van der Waals surface area contributed by atoms with Gasteiger partial charge in [-0.15, -0.1) is 11.3 Å². The summed E-state index contributed by atoms with van der Waals surface area (Å²) >= 11 is 1.54. The first-order valence-corrected chi connectivity index (χ1v) is 7.50.